The van der Waals surface area contributed by atoms with Gasteiger partial charge < -0.3 is 15.2 Å². The molecule has 0 aromatic rings. The van der Waals surface area contributed by atoms with Crippen LogP contribution in [0.4, 0.5) is 0 Å². The average molecular weight is 227 g/mol. The maximum atomic E-state index is 9.93. The Hall–Kier alpha value is -0.120. The minimum atomic E-state index is -0.129. The van der Waals surface area contributed by atoms with Gasteiger partial charge in [-0.25, -0.2) is 0 Å². The molecule has 1 aliphatic heterocycles. The van der Waals surface area contributed by atoms with Crippen LogP contribution in [0.3, 0.4) is 0 Å². The van der Waals surface area contributed by atoms with Gasteiger partial charge in [0.1, 0.15) is 0 Å². The van der Waals surface area contributed by atoms with Crippen molar-refractivity contribution in [3.05, 3.63) is 0 Å². The standard InChI is InChI=1S/C13H25NO2/c1-10(11-6-8-16-9-7-11)14-12-4-2-3-5-13(12)15/h10-15H,2-9H2,1H3. The van der Waals surface area contributed by atoms with Crippen LogP contribution >= 0.6 is 0 Å². The Balaban J connectivity index is 1.78. The Kier molecular flexibility index (Phi) is 4.62. The third-order valence-corrected chi connectivity index (χ3v) is 4.18. The molecule has 0 spiro atoms. The van der Waals surface area contributed by atoms with Crippen molar-refractivity contribution in [3.8, 4) is 0 Å². The summed E-state index contributed by atoms with van der Waals surface area (Å²) >= 11 is 0. The zero-order valence-corrected chi connectivity index (χ0v) is 10.3. The van der Waals surface area contributed by atoms with Crippen LogP contribution in [0.2, 0.25) is 0 Å². The molecule has 0 aromatic heterocycles. The van der Waals surface area contributed by atoms with Crippen molar-refractivity contribution in [2.75, 3.05) is 13.2 Å². The van der Waals surface area contributed by atoms with E-state index in [1.54, 1.807) is 0 Å². The van der Waals surface area contributed by atoms with Crippen LogP contribution < -0.4 is 5.32 Å². The lowest BCUT2D eigenvalue weighted by molar-refractivity contribution is 0.0419. The minimum absolute atomic E-state index is 0.129. The van der Waals surface area contributed by atoms with E-state index >= 15 is 0 Å². The molecule has 0 amide bonds. The monoisotopic (exact) mass is 227 g/mol. The van der Waals surface area contributed by atoms with Gasteiger partial charge in [-0.2, -0.15) is 0 Å². The van der Waals surface area contributed by atoms with Gasteiger partial charge in [-0.3, -0.25) is 0 Å². The highest BCUT2D eigenvalue weighted by atomic mass is 16.5. The molecule has 1 aliphatic carbocycles. The highest BCUT2D eigenvalue weighted by Crippen LogP contribution is 2.23. The number of aliphatic hydroxyl groups excluding tert-OH is 1. The van der Waals surface area contributed by atoms with Gasteiger partial charge in [0, 0.05) is 25.3 Å². The zero-order valence-electron chi connectivity index (χ0n) is 10.3. The topological polar surface area (TPSA) is 41.5 Å². The van der Waals surface area contributed by atoms with Crippen LogP contribution in [-0.4, -0.2) is 36.5 Å². The number of ether oxygens (including phenoxy) is 1. The highest BCUT2D eigenvalue weighted by molar-refractivity contribution is 4.85. The summed E-state index contributed by atoms with van der Waals surface area (Å²) in [7, 11) is 0. The SMILES string of the molecule is CC(NC1CCCCC1O)C1CCOCC1. The normalized spacial score (nSPS) is 34.9. The lowest BCUT2D eigenvalue weighted by Crippen LogP contribution is -2.49. The fourth-order valence-electron chi connectivity index (χ4n) is 3.00. The number of nitrogens with one attached hydrogen (secondary N) is 1. The molecule has 1 saturated carbocycles. The fraction of sp³-hybridized carbons (Fsp3) is 1.00. The van der Waals surface area contributed by atoms with E-state index in [2.05, 4.69) is 12.2 Å². The van der Waals surface area contributed by atoms with Crippen molar-refractivity contribution in [3.63, 3.8) is 0 Å². The minimum Gasteiger partial charge on any atom is -0.392 e. The van der Waals surface area contributed by atoms with E-state index in [0.29, 0.717) is 12.1 Å². The smallest absolute Gasteiger partial charge is 0.0693 e. The Labute approximate surface area is 98.6 Å². The molecule has 2 N–H and O–H groups in total. The predicted molar refractivity (Wildman–Crippen MR) is 64.4 cm³/mol. The van der Waals surface area contributed by atoms with E-state index in [1.165, 1.54) is 12.8 Å². The number of hydrogen-bond donors (Lipinski definition) is 2. The molecular formula is C13H25NO2. The van der Waals surface area contributed by atoms with Crippen LogP contribution in [0.25, 0.3) is 0 Å². The second-order valence-corrected chi connectivity index (χ2v) is 5.36. The Bertz CT molecular complexity index is 204. The third kappa shape index (κ3) is 3.19. The van der Waals surface area contributed by atoms with E-state index in [9.17, 15) is 5.11 Å². The first-order valence-electron chi connectivity index (χ1n) is 6.79. The number of hydrogen-bond acceptors (Lipinski definition) is 3. The molecule has 3 atom stereocenters. The molecule has 2 fully saturated rings. The molecule has 0 radical (unpaired) electrons. The Morgan fingerprint density at radius 2 is 1.81 bits per heavy atom. The van der Waals surface area contributed by atoms with Crippen molar-refractivity contribution in [2.45, 2.75) is 63.6 Å². The van der Waals surface area contributed by atoms with Gasteiger partial charge in [0.2, 0.25) is 0 Å². The maximum Gasteiger partial charge on any atom is 0.0693 e. The fourth-order valence-corrected chi connectivity index (χ4v) is 3.00. The van der Waals surface area contributed by atoms with Gasteiger partial charge in [-0.05, 0) is 38.5 Å². The summed E-state index contributed by atoms with van der Waals surface area (Å²) in [5.74, 6) is 0.725. The molecule has 94 valence electrons. The first-order valence-corrected chi connectivity index (χ1v) is 6.79. The molecule has 0 aromatic carbocycles. The summed E-state index contributed by atoms with van der Waals surface area (Å²) in [6.07, 6.45) is 6.75. The van der Waals surface area contributed by atoms with Gasteiger partial charge in [0.05, 0.1) is 6.10 Å². The van der Waals surface area contributed by atoms with E-state index in [0.717, 1.165) is 44.8 Å². The summed E-state index contributed by atoms with van der Waals surface area (Å²) in [6.45, 7) is 4.07. The molecule has 3 nitrogen and oxygen atoms in total. The second kappa shape index (κ2) is 5.99. The molecule has 16 heavy (non-hydrogen) atoms. The molecule has 1 heterocycles. The zero-order chi connectivity index (χ0) is 11.4. The van der Waals surface area contributed by atoms with Crippen LogP contribution in [0, 0.1) is 5.92 Å². The van der Waals surface area contributed by atoms with Crippen LogP contribution in [-0.2, 0) is 4.74 Å². The van der Waals surface area contributed by atoms with Crippen molar-refractivity contribution >= 4 is 0 Å². The summed E-state index contributed by atoms with van der Waals surface area (Å²) in [6, 6.07) is 0.841. The molecule has 0 bridgehead atoms. The first-order chi connectivity index (χ1) is 7.77. The van der Waals surface area contributed by atoms with Gasteiger partial charge >= 0.3 is 0 Å². The summed E-state index contributed by atoms with van der Waals surface area (Å²) in [4.78, 5) is 0. The van der Waals surface area contributed by atoms with Crippen LogP contribution in [0.1, 0.15) is 45.4 Å². The summed E-state index contributed by atoms with van der Waals surface area (Å²) < 4.78 is 5.38. The molecule has 2 aliphatic rings. The highest BCUT2D eigenvalue weighted by Gasteiger charge is 2.27. The van der Waals surface area contributed by atoms with Crippen LogP contribution in [0.5, 0.6) is 0 Å². The van der Waals surface area contributed by atoms with E-state index in [4.69, 9.17) is 4.74 Å². The molecule has 3 unspecified atom stereocenters. The summed E-state index contributed by atoms with van der Waals surface area (Å²) in [5.41, 5.74) is 0. The predicted octanol–water partition coefficient (Wildman–Crippen LogP) is 1.69. The molecule has 2 rings (SSSR count). The first kappa shape index (κ1) is 12.3. The number of rotatable bonds is 3. The van der Waals surface area contributed by atoms with Gasteiger partial charge in [0.15, 0.2) is 0 Å². The van der Waals surface area contributed by atoms with E-state index in [-0.39, 0.29) is 6.10 Å². The van der Waals surface area contributed by atoms with Crippen molar-refractivity contribution in [1.82, 2.24) is 5.32 Å². The lowest BCUT2D eigenvalue weighted by atomic mass is 9.88. The molecule has 3 heteroatoms. The third-order valence-electron chi connectivity index (χ3n) is 4.18. The average Bonchev–Trinajstić information content (AvgIpc) is 2.33. The number of aliphatic hydroxyl groups is 1. The maximum absolute atomic E-state index is 9.93. The van der Waals surface area contributed by atoms with Gasteiger partial charge in [-0.15, -0.1) is 0 Å². The summed E-state index contributed by atoms with van der Waals surface area (Å²) in [5, 5.41) is 13.6. The van der Waals surface area contributed by atoms with Gasteiger partial charge in [-0.1, -0.05) is 12.8 Å². The van der Waals surface area contributed by atoms with E-state index in [1.807, 2.05) is 0 Å². The largest absolute Gasteiger partial charge is 0.392 e. The van der Waals surface area contributed by atoms with Gasteiger partial charge in [0.25, 0.3) is 0 Å². The quantitative estimate of drug-likeness (QED) is 0.771. The van der Waals surface area contributed by atoms with E-state index < -0.39 is 0 Å². The lowest BCUT2D eigenvalue weighted by Gasteiger charge is -2.35. The van der Waals surface area contributed by atoms with Crippen molar-refractivity contribution in [1.29, 1.82) is 0 Å². The second-order valence-electron chi connectivity index (χ2n) is 5.36. The Morgan fingerprint density at radius 3 is 2.50 bits per heavy atom. The van der Waals surface area contributed by atoms with Crippen molar-refractivity contribution in [2.24, 2.45) is 5.92 Å². The molecule has 1 saturated heterocycles. The van der Waals surface area contributed by atoms with Crippen molar-refractivity contribution < 1.29 is 9.84 Å². The van der Waals surface area contributed by atoms with Crippen LogP contribution in [0.15, 0.2) is 0 Å². The molecular weight excluding hydrogens is 202 g/mol. The Morgan fingerprint density at radius 1 is 1.12 bits per heavy atom.